The monoisotopic (exact) mass is 320 g/mol. The lowest BCUT2D eigenvalue weighted by atomic mass is 10.1. The Hall–Kier alpha value is -1.59. The van der Waals surface area contributed by atoms with Crippen LogP contribution in [0, 0.1) is 0 Å². The zero-order valence-corrected chi connectivity index (χ0v) is 14.8. The van der Waals surface area contributed by atoms with Crippen LogP contribution < -0.4 is 5.32 Å². The zero-order chi connectivity index (χ0) is 17.0. The van der Waals surface area contributed by atoms with Gasteiger partial charge in [-0.1, -0.05) is 18.2 Å². The highest BCUT2D eigenvalue weighted by Crippen LogP contribution is 2.25. The molecule has 23 heavy (non-hydrogen) atoms. The van der Waals surface area contributed by atoms with Gasteiger partial charge in [0.25, 0.3) is 0 Å². The standard InChI is InChI=1S/C18H28N2O3/c1-13(12-22-5)19-9-14-6-7-15-10-20(11-16(15)8-14)17(21)23-18(2,3)4/h6-8,13,19H,9-12H2,1-5H3. The quantitative estimate of drug-likeness (QED) is 0.906. The fraction of sp³-hybridized carbons (Fsp3) is 0.611. The molecule has 0 bridgehead atoms. The highest BCUT2D eigenvalue weighted by molar-refractivity contribution is 5.69. The van der Waals surface area contributed by atoms with Crippen LogP contribution in [0.25, 0.3) is 0 Å². The van der Waals surface area contributed by atoms with E-state index in [0.717, 1.165) is 6.54 Å². The predicted octanol–water partition coefficient (Wildman–Crippen LogP) is 3.06. The maximum Gasteiger partial charge on any atom is 0.410 e. The van der Waals surface area contributed by atoms with Crippen LogP contribution in [0.4, 0.5) is 4.79 Å². The van der Waals surface area contributed by atoms with Crippen LogP contribution in [-0.4, -0.2) is 36.4 Å². The molecule has 5 nitrogen and oxygen atoms in total. The van der Waals surface area contributed by atoms with E-state index < -0.39 is 5.60 Å². The van der Waals surface area contributed by atoms with E-state index in [-0.39, 0.29) is 6.09 Å². The number of hydrogen-bond donors (Lipinski definition) is 1. The first-order valence-corrected chi connectivity index (χ1v) is 8.09. The number of ether oxygens (including phenoxy) is 2. The third kappa shape index (κ3) is 5.22. The minimum absolute atomic E-state index is 0.248. The lowest BCUT2D eigenvalue weighted by Gasteiger charge is -2.24. The molecule has 0 fully saturated rings. The minimum atomic E-state index is -0.460. The number of carbonyl (C=O) groups is 1. The fourth-order valence-corrected chi connectivity index (χ4v) is 2.61. The molecule has 2 rings (SSSR count). The Morgan fingerprint density at radius 3 is 2.65 bits per heavy atom. The van der Waals surface area contributed by atoms with E-state index in [1.165, 1.54) is 16.7 Å². The van der Waals surface area contributed by atoms with E-state index in [1.807, 2.05) is 20.8 Å². The van der Waals surface area contributed by atoms with Crippen LogP contribution in [0.3, 0.4) is 0 Å². The van der Waals surface area contributed by atoms with E-state index >= 15 is 0 Å². The number of benzene rings is 1. The highest BCUT2D eigenvalue weighted by Gasteiger charge is 2.27. The van der Waals surface area contributed by atoms with Gasteiger partial charge in [0.15, 0.2) is 0 Å². The second kappa shape index (κ2) is 7.32. The normalized spacial score (nSPS) is 15.4. The number of nitrogens with zero attached hydrogens (tertiary/aromatic N) is 1. The lowest BCUT2D eigenvalue weighted by Crippen LogP contribution is -2.33. The predicted molar refractivity (Wildman–Crippen MR) is 90.1 cm³/mol. The Morgan fingerprint density at radius 2 is 2.00 bits per heavy atom. The van der Waals surface area contributed by atoms with Crippen molar-refractivity contribution in [3.8, 4) is 0 Å². The molecule has 1 aromatic carbocycles. The van der Waals surface area contributed by atoms with Crippen LogP contribution in [0.5, 0.6) is 0 Å². The van der Waals surface area contributed by atoms with Crippen molar-refractivity contribution in [2.75, 3.05) is 13.7 Å². The molecular formula is C18H28N2O3. The topological polar surface area (TPSA) is 50.8 Å². The Balaban J connectivity index is 1.94. The highest BCUT2D eigenvalue weighted by atomic mass is 16.6. The van der Waals surface area contributed by atoms with Crippen molar-refractivity contribution in [2.45, 2.75) is 59.0 Å². The van der Waals surface area contributed by atoms with Crippen molar-refractivity contribution in [2.24, 2.45) is 0 Å². The number of fused-ring (bicyclic) bond motifs is 1. The molecule has 0 aromatic heterocycles. The number of amides is 1. The minimum Gasteiger partial charge on any atom is -0.444 e. The van der Waals surface area contributed by atoms with Crippen molar-refractivity contribution in [3.05, 3.63) is 34.9 Å². The maximum absolute atomic E-state index is 12.2. The number of carbonyl (C=O) groups excluding carboxylic acids is 1. The van der Waals surface area contributed by atoms with Gasteiger partial charge in [-0.15, -0.1) is 0 Å². The van der Waals surface area contributed by atoms with Gasteiger partial charge in [0.05, 0.1) is 6.61 Å². The summed E-state index contributed by atoms with van der Waals surface area (Å²) in [6, 6.07) is 6.71. The molecule has 1 aliphatic heterocycles. The molecule has 1 amide bonds. The number of methoxy groups -OCH3 is 1. The van der Waals surface area contributed by atoms with Gasteiger partial charge in [0, 0.05) is 32.8 Å². The average molecular weight is 320 g/mol. The summed E-state index contributed by atoms with van der Waals surface area (Å²) in [6.07, 6.45) is -0.248. The molecule has 0 aliphatic carbocycles. The van der Waals surface area contributed by atoms with Gasteiger partial charge in [-0.2, -0.15) is 0 Å². The van der Waals surface area contributed by atoms with Gasteiger partial charge in [0.2, 0.25) is 0 Å². The molecule has 1 N–H and O–H groups in total. The SMILES string of the molecule is COCC(C)NCc1ccc2c(c1)CN(C(=O)OC(C)(C)C)C2. The molecule has 1 atom stereocenters. The van der Waals surface area contributed by atoms with Gasteiger partial charge in [-0.25, -0.2) is 4.79 Å². The zero-order valence-electron chi connectivity index (χ0n) is 14.8. The van der Waals surface area contributed by atoms with Crippen molar-refractivity contribution >= 4 is 6.09 Å². The van der Waals surface area contributed by atoms with Crippen molar-refractivity contribution < 1.29 is 14.3 Å². The smallest absolute Gasteiger partial charge is 0.410 e. The second-order valence-electron chi connectivity index (χ2n) is 7.18. The number of rotatable bonds is 5. The summed E-state index contributed by atoms with van der Waals surface area (Å²) in [7, 11) is 1.71. The summed E-state index contributed by atoms with van der Waals surface area (Å²) < 4.78 is 10.6. The van der Waals surface area contributed by atoms with Crippen LogP contribution in [0.1, 0.15) is 44.4 Å². The molecule has 0 saturated heterocycles. The molecule has 0 spiro atoms. The Morgan fingerprint density at radius 1 is 1.30 bits per heavy atom. The van der Waals surface area contributed by atoms with Gasteiger partial charge >= 0.3 is 6.09 Å². The van der Waals surface area contributed by atoms with E-state index in [4.69, 9.17) is 9.47 Å². The van der Waals surface area contributed by atoms with Crippen molar-refractivity contribution in [3.63, 3.8) is 0 Å². The summed E-state index contributed by atoms with van der Waals surface area (Å²) in [5, 5.41) is 3.43. The maximum atomic E-state index is 12.2. The van der Waals surface area contributed by atoms with Gasteiger partial charge in [-0.05, 0) is 44.4 Å². The van der Waals surface area contributed by atoms with E-state index in [0.29, 0.717) is 25.7 Å². The Labute approximate surface area is 139 Å². The van der Waals surface area contributed by atoms with Gasteiger partial charge < -0.3 is 14.8 Å². The van der Waals surface area contributed by atoms with Crippen LogP contribution in [-0.2, 0) is 29.1 Å². The molecule has 0 saturated carbocycles. The van der Waals surface area contributed by atoms with Gasteiger partial charge in [-0.3, -0.25) is 4.90 Å². The third-order valence-electron chi connectivity index (χ3n) is 3.72. The summed E-state index contributed by atoms with van der Waals surface area (Å²) in [5.41, 5.74) is 3.16. The fourth-order valence-electron chi connectivity index (χ4n) is 2.61. The molecule has 5 heteroatoms. The third-order valence-corrected chi connectivity index (χ3v) is 3.72. The molecule has 1 heterocycles. The molecule has 1 aromatic rings. The Kier molecular flexibility index (Phi) is 5.65. The van der Waals surface area contributed by atoms with Crippen LogP contribution in [0.15, 0.2) is 18.2 Å². The van der Waals surface area contributed by atoms with E-state index in [2.05, 4.69) is 30.4 Å². The number of hydrogen-bond acceptors (Lipinski definition) is 4. The Bertz CT molecular complexity index is 552. The van der Waals surface area contributed by atoms with Crippen molar-refractivity contribution in [1.29, 1.82) is 0 Å². The van der Waals surface area contributed by atoms with Gasteiger partial charge in [0.1, 0.15) is 5.60 Å². The molecule has 1 unspecified atom stereocenters. The second-order valence-corrected chi connectivity index (χ2v) is 7.18. The molecule has 1 aliphatic rings. The number of nitrogens with one attached hydrogen (secondary N) is 1. The summed E-state index contributed by atoms with van der Waals surface area (Å²) in [6.45, 7) is 10.5. The first-order valence-electron chi connectivity index (χ1n) is 8.09. The van der Waals surface area contributed by atoms with E-state index in [9.17, 15) is 4.79 Å². The van der Waals surface area contributed by atoms with E-state index in [1.54, 1.807) is 12.0 Å². The summed E-state index contributed by atoms with van der Waals surface area (Å²) in [4.78, 5) is 13.9. The molecule has 0 radical (unpaired) electrons. The van der Waals surface area contributed by atoms with Crippen LogP contribution in [0.2, 0.25) is 0 Å². The first kappa shape index (κ1) is 17.8. The van der Waals surface area contributed by atoms with Crippen LogP contribution >= 0.6 is 0 Å². The largest absolute Gasteiger partial charge is 0.444 e. The molecular weight excluding hydrogens is 292 g/mol. The first-order chi connectivity index (χ1) is 10.8. The average Bonchev–Trinajstić information content (AvgIpc) is 2.87. The molecule has 128 valence electrons. The summed E-state index contributed by atoms with van der Waals surface area (Å²) >= 11 is 0. The summed E-state index contributed by atoms with van der Waals surface area (Å²) in [5.74, 6) is 0. The van der Waals surface area contributed by atoms with Crippen molar-refractivity contribution in [1.82, 2.24) is 10.2 Å². The lowest BCUT2D eigenvalue weighted by molar-refractivity contribution is 0.0242.